The summed E-state index contributed by atoms with van der Waals surface area (Å²) < 4.78 is 0. The zero-order chi connectivity index (χ0) is 14.7. The lowest BCUT2D eigenvalue weighted by Gasteiger charge is -2.25. The fourth-order valence-corrected chi connectivity index (χ4v) is 2.27. The first-order valence-corrected chi connectivity index (χ1v) is 6.76. The van der Waals surface area contributed by atoms with Crippen LogP contribution >= 0.6 is 0 Å². The molecule has 1 aromatic carbocycles. The Morgan fingerprint density at radius 2 is 2.05 bits per heavy atom. The number of carbonyl (C=O) groups is 1. The van der Waals surface area contributed by atoms with E-state index in [1.165, 1.54) is 12.1 Å². The second kappa shape index (κ2) is 6.00. The van der Waals surface area contributed by atoms with Gasteiger partial charge in [-0.15, -0.1) is 0 Å². The van der Waals surface area contributed by atoms with Gasteiger partial charge in [0, 0.05) is 18.7 Å². The van der Waals surface area contributed by atoms with E-state index in [0.717, 1.165) is 12.0 Å². The third-order valence-corrected chi connectivity index (χ3v) is 3.45. The van der Waals surface area contributed by atoms with Crippen LogP contribution in [0.5, 0.6) is 0 Å². The molecule has 0 aliphatic carbocycles. The Balaban J connectivity index is 2.13. The molecule has 1 N–H and O–H groups in total. The van der Waals surface area contributed by atoms with Gasteiger partial charge < -0.3 is 4.90 Å². The van der Waals surface area contributed by atoms with Crippen LogP contribution in [-0.4, -0.2) is 28.8 Å². The molecule has 1 aliphatic heterocycles. The predicted molar refractivity (Wildman–Crippen MR) is 75.0 cm³/mol. The van der Waals surface area contributed by atoms with Crippen molar-refractivity contribution in [3.8, 4) is 0 Å². The molecule has 1 aromatic rings. The number of nitrogens with one attached hydrogen (secondary N) is 1. The first-order chi connectivity index (χ1) is 9.49. The molecule has 1 saturated heterocycles. The molecule has 108 valence electrons. The molecule has 1 amide bonds. The van der Waals surface area contributed by atoms with Gasteiger partial charge in [0.25, 0.3) is 5.69 Å². The van der Waals surface area contributed by atoms with E-state index in [0.29, 0.717) is 19.0 Å². The first-order valence-electron chi connectivity index (χ1n) is 6.76. The summed E-state index contributed by atoms with van der Waals surface area (Å²) in [7, 11) is 0. The van der Waals surface area contributed by atoms with Crippen LogP contribution in [0.1, 0.15) is 32.0 Å². The summed E-state index contributed by atoms with van der Waals surface area (Å²) >= 11 is 0. The molecular formula is C14H19N3O3. The molecule has 0 saturated carbocycles. The summed E-state index contributed by atoms with van der Waals surface area (Å²) in [6.45, 7) is 5.26. The Hall–Kier alpha value is -1.95. The normalized spacial score (nSPS) is 18.9. The monoisotopic (exact) mass is 277 g/mol. The van der Waals surface area contributed by atoms with Gasteiger partial charge in [0.2, 0.25) is 5.91 Å². The molecule has 20 heavy (non-hydrogen) atoms. The summed E-state index contributed by atoms with van der Waals surface area (Å²) in [5.74, 6) is 0.606. The third kappa shape index (κ3) is 3.14. The van der Waals surface area contributed by atoms with E-state index in [1.54, 1.807) is 17.0 Å². The largest absolute Gasteiger partial charge is 0.322 e. The van der Waals surface area contributed by atoms with Crippen molar-refractivity contribution in [2.75, 3.05) is 13.1 Å². The van der Waals surface area contributed by atoms with Gasteiger partial charge >= 0.3 is 0 Å². The predicted octanol–water partition coefficient (Wildman–Crippen LogP) is 2.07. The van der Waals surface area contributed by atoms with Gasteiger partial charge in [0.1, 0.15) is 6.17 Å². The van der Waals surface area contributed by atoms with Crippen molar-refractivity contribution >= 4 is 11.6 Å². The van der Waals surface area contributed by atoms with E-state index in [2.05, 4.69) is 19.2 Å². The lowest BCUT2D eigenvalue weighted by molar-refractivity contribution is -0.384. The number of benzene rings is 1. The Kier molecular flexibility index (Phi) is 4.34. The molecule has 6 nitrogen and oxygen atoms in total. The second-order valence-electron chi connectivity index (χ2n) is 5.40. The van der Waals surface area contributed by atoms with Crippen molar-refractivity contribution in [2.24, 2.45) is 5.92 Å². The second-order valence-corrected chi connectivity index (χ2v) is 5.40. The lowest BCUT2D eigenvalue weighted by Crippen LogP contribution is -2.31. The molecule has 0 aromatic heterocycles. The quantitative estimate of drug-likeness (QED) is 0.660. The van der Waals surface area contributed by atoms with Crippen LogP contribution in [0.15, 0.2) is 24.3 Å². The van der Waals surface area contributed by atoms with Crippen LogP contribution in [0.3, 0.4) is 0 Å². The number of amides is 1. The SMILES string of the molecule is CC(C)CCN1C(=O)CNC1c1ccc([N+](=O)[O-])cc1. The van der Waals surface area contributed by atoms with Crippen molar-refractivity contribution in [3.63, 3.8) is 0 Å². The molecule has 1 aliphatic rings. The Morgan fingerprint density at radius 3 is 2.60 bits per heavy atom. The van der Waals surface area contributed by atoms with E-state index in [1.807, 2.05) is 0 Å². The first kappa shape index (κ1) is 14.5. The van der Waals surface area contributed by atoms with Gasteiger partial charge in [0.05, 0.1) is 11.5 Å². The van der Waals surface area contributed by atoms with Crippen LogP contribution in [0, 0.1) is 16.0 Å². The van der Waals surface area contributed by atoms with E-state index in [9.17, 15) is 14.9 Å². The zero-order valence-corrected chi connectivity index (χ0v) is 11.7. The minimum Gasteiger partial charge on any atom is -0.322 e. The summed E-state index contributed by atoms with van der Waals surface area (Å²) in [5.41, 5.74) is 0.942. The Labute approximate surface area is 117 Å². The smallest absolute Gasteiger partial charge is 0.269 e. The van der Waals surface area contributed by atoms with Crippen LogP contribution in [0.4, 0.5) is 5.69 Å². The number of hydrogen-bond acceptors (Lipinski definition) is 4. The number of non-ortho nitro benzene ring substituents is 1. The van der Waals surface area contributed by atoms with Gasteiger partial charge in [-0.2, -0.15) is 0 Å². The number of nitrogens with zero attached hydrogens (tertiary/aromatic N) is 2. The number of hydrogen-bond donors (Lipinski definition) is 1. The van der Waals surface area contributed by atoms with E-state index >= 15 is 0 Å². The van der Waals surface area contributed by atoms with E-state index < -0.39 is 4.92 Å². The summed E-state index contributed by atoms with van der Waals surface area (Å²) in [6, 6.07) is 6.36. The number of carbonyl (C=O) groups excluding carboxylic acids is 1. The maximum atomic E-state index is 11.9. The third-order valence-electron chi connectivity index (χ3n) is 3.45. The molecule has 2 rings (SSSR count). The molecule has 0 spiro atoms. The minimum absolute atomic E-state index is 0.0619. The highest BCUT2D eigenvalue weighted by molar-refractivity contribution is 5.80. The Morgan fingerprint density at radius 1 is 1.40 bits per heavy atom. The fourth-order valence-electron chi connectivity index (χ4n) is 2.27. The summed E-state index contributed by atoms with van der Waals surface area (Å²) in [4.78, 5) is 23.9. The van der Waals surface area contributed by atoms with Gasteiger partial charge in [-0.1, -0.05) is 13.8 Å². The molecule has 6 heteroatoms. The van der Waals surface area contributed by atoms with Gasteiger partial charge in [-0.25, -0.2) is 0 Å². The van der Waals surface area contributed by atoms with E-state index in [4.69, 9.17) is 0 Å². The highest BCUT2D eigenvalue weighted by atomic mass is 16.6. The number of rotatable bonds is 5. The minimum atomic E-state index is -0.423. The van der Waals surface area contributed by atoms with Crippen LogP contribution in [0.2, 0.25) is 0 Å². The van der Waals surface area contributed by atoms with Crippen molar-refractivity contribution in [3.05, 3.63) is 39.9 Å². The molecule has 0 bridgehead atoms. The molecule has 1 heterocycles. The zero-order valence-electron chi connectivity index (χ0n) is 11.7. The number of nitro benzene ring substituents is 1. The average Bonchev–Trinajstić information content (AvgIpc) is 2.77. The van der Waals surface area contributed by atoms with Gasteiger partial charge in [-0.3, -0.25) is 20.2 Å². The fraction of sp³-hybridized carbons (Fsp3) is 0.500. The molecule has 1 atom stereocenters. The molecule has 1 unspecified atom stereocenters. The topological polar surface area (TPSA) is 75.5 Å². The van der Waals surface area contributed by atoms with Crippen molar-refractivity contribution in [2.45, 2.75) is 26.4 Å². The van der Waals surface area contributed by atoms with Crippen LogP contribution in [0.25, 0.3) is 0 Å². The van der Waals surface area contributed by atoms with Crippen molar-refractivity contribution in [1.29, 1.82) is 0 Å². The van der Waals surface area contributed by atoms with Crippen LogP contribution in [-0.2, 0) is 4.79 Å². The Bertz CT molecular complexity index is 499. The standard InChI is InChI=1S/C14H19N3O3/c1-10(2)7-8-16-13(18)9-15-14(16)11-3-5-12(6-4-11)17(19)20/h3-6,10,14-15H,7-9H2,1-2H3. The van der Waals surface area contributed by atoms with Crippen LogP contribution < -0.4 is 5.32 Å². The summed E-state index contributed by atoms with van der Waals surface area (Å²) in [5, 5.41) is 13.8. The maximum Gasteiger partial charge on any atom is 0.269 e. The van der Waals surface area contributed by atoms with Crippen molar-refractivity contribution in [1.82, 2.24) is 10.2 Å². The van der Waals surface area contributed by atoms with E-state index in [-0.39, 0.29) is 17.8 Å². The highest BCUT2D eigenvalue weighted by Gasteiger charge is 2.31. The lowest BCUT2D eigenvalue weighted by atomic mass is 10.1. The maximum absolute atomic E-state index is 11.9. The average molecular weight is 277 g/mol. The number of nitro groups is 1. The highest BCUT2D eigenvalue weighted by Crippen LogP contribution is 2.25. The molecule has 1 fully saturated rings. The van der Waals surface area contributed by atoms with Gasteiger partial charge in [0.15, 0.2) is 0 Å². The summed E-state index contributed by atoms with van der Waals surface area (Å²) in [6.07, 6.45) is 0.763. The molecule has 0 radical (unpaired) electrons. The van der Waals surface area contributed by atoms with Crippen molar-refractivity contribution < 1.29 is 9.72 Å². The van der Waals surface area contributed by atoms with Gasteiger partial charge in [-0.05, 0) is 30.0 Å². The molecular weight excluding hydrogens is 258 g/mol.